The number of ether oxygens (including phenoxy) is 2. The number of nitrogens with one attached hydrogen (secondary N) is 1. The van der Waals surface area contributed by atoms with Gasteiger partial charge in [-0.05, 0) is 51.9 Å². The van der Waals surface area contributed by atoms with Crippen molar-refractivity contribution in [3.63, 3.8) is 0 Å². The third-order valence-electron chi connectivity index (χ3n) is 6.59. The largest absolute Gasteiger partial charge is 0.493 e. The van der Waals surface area contributed by atoms with E-state index in [0.717, 1.165) is 49.6 Å². The van der Waals surface area contributed by atoms with E-state index in [9.17, 15) is 9.59 Å². The second kappa shape index (κ2) is 8.27. The predicted molar refractivity (Wildman–Crippen MR) is 137 cm³/mol. The zero-order chi connectivity index (χ0) is 24.2. The molecule has 0 radical (unpaired) electrons. The Balaban J connectivity index is 1.75. The zero-order valence-corrected chi connectivity index (χ0v) is 21.2. The molecular formula is C28H26BrNO4. The van der Waals surface area contributed by atoms with Gasteiger partial charge in [0.15, 0.2) is 17.3 Å². The number of methoxy groups -OCH3 is 1. The molecule has 0 bridgehead atoms. The van der Waals surface area contributed by atoms with Crippen LogP contribution in [-0.4, -0.2) is 18.9 Å². The maximum atomic E-state index is 13.6. The maximum absolute atomic E-state index is 13.6. The summed E-state index contributed by atoms with van der Waals surface area (Å²) < 4.78 is 11.6. The van der Waals surface area contributed by atoms with E-state index in [1.807, 2.05) is 18.2 Å². The molecule has 3 aromatic carbocycles. The number of ketones is 1. The molecule has 1 N–H and O–H groups in total. The van der Waals surface area contributed by atoms with Crippen molar-refractivity contribution < 1.29 is 19.1 Å². The predicted octanol–water partition coefficient (Wildman–Crippen LogP) is 6.85. The van der Waals surface area contributed by atoms with E-state index in [2.05, 4.69) is 59.4 Å². The molecule has 0 spiro atoms. The standard InChI is InChI=1S/C28H26BrNO4/c1-15(31)34-24-12-20(29)18(11-23(24)33-4)27-26-19(13-28(2,3)14-22(26)32)25-17-8-6-5-7-16(17)9-10-21(25)30-27/h5-12,27,30H,13-14H2,1-4H3. The lowest BCUT2D eigenvalue weighted by Crippen LogP contribution is -2.33. The molecule has 0 saturated heterocycles. The van der Waals surface area contributed by atoms with E-state index in [4.69, 9.17) is 9.47 Å². The Morgan fingerprint density at radius 1 is 1.09 bits per heavy atom. The first-order valence-electron chi connectivity index (χ1n) is 11.3. The number of allylic oxidation sites excluding steroid dienone is 1. The van der Waals surface area contributed by atoms with Crippen LogP contribution in [0.3, 0.4) is 0 Å². The van der Waals surface area contributed by atoms with Gasteiger partial charge in [0, 0.05) is 34.6 Å². The van der Waals surface area contributed by atoms with Crippen molar-refractivity contribution in [2.45, 2.75) is 39.7 Å². The number of carbonyl (C=O) groups is 2. The first-order chi connectivity index (χ1) is 16.2. The summed E-state index contributed by atoms with van der Waals surface area (Å²) in [6.07, 6.45) is 1.30. The smallest absolute Gasteiger partial charge is 0.308 e. The molecule has 0 amide bonds. The van der Waals surface area contributed by atoms with Crippen molar-refractivity contribution in [1.82, 2.24) is 0 Å². The first kappa shape index (κ1) is 22.7. The minimum absolute atomic E-state index is 0.125. The van der Waals surface area contributed by atoms with Crippen molar-refractivity contribution in [2.75, 3.05) is 12.4 Å². The molecule has 34 heavy (non-hydrogen) atoms. The highest BCUT2D eigenvalue weighted by Crippen LogP contribution is 2.53. The number of hydrogen-bond acceptors (Lipinski definition) is 5. The second-order valence-corrected chi connectivity index (χ2v) is 10.6. The van der Waals surface area contributed by atoms with Crippen molar-refractivity contribution in [3.05, 3.63) is 69.7 Å². The van der Waals surface area contributed by atoms with Crippen LogP contribution in [0.4, 0.5) is 5.69 Å². The molecule has 3 aromatic rings. The molecule has 5 rings (SSSR count). The summed E-state index contributed by atoms with van der Waals surface area (Å²) in [5.74, 6) is 0.491. The van der Waals surface area contributed by atoms with Gasteiger partial charge in [-0.1, -0.05) is 60.1 Å². The molecule has 1 aliphatic carbocycles. The Morgan fingerprint density at radius 3 is 2.59 bits per heavy atom. The van der Waals surface area contributed by atoms with Crippen LogP contribution < -0.4 is 14.8 Å². The van der Waals surface area contributed by atoms with Crippen LogP contribution in [0, 0.1) is 5.41 Å². The summed E-state index contributed by atoms with van der Waals surface area (Å²) in [4.78, 5) is 25.2. The number of fused-ring (bicyclic) bond motifs is 4. The van der Waals surface area contributed by atoms with Gasteiger partial charge in [0.1, 0.15) is 0 Å². The Labute approximate surface area is 207 Å². The summed E-state index contributed by atoms with van der Waals surface area (Å²) in [7, 11) is 1.54. The van der Waals surface area contributed by atoms with Crippen molar-refractivity contribution in [3.8, 4) is 11.5 Å². The van der Waals surface area contributed by atoms with Gasteiger partial charge in [-0.25, -0.2) is 0 Å². The van der Waals surface area contributed by atoms with Gasteiger partial charge in [-0.15, -0.1) is 0 Å². The Hall–Kier alpha value is -3.12. The van der Waals surface area contributed by atoms with E-state index >= 15 is 0 Å². The van der Waals surface area contributed by atoms with E-state index in [1.54, 1.807) is 6.07 Å². The highest BCUT2D eigenvalue weighted by Gasteiger charge is 2.41. The number of esters is 1. The zero-order valence-electron chi connectivity index (χ0n) is 19.6. The summed E-state index contributed by atoms with van der Waals surface area (Å²) in [5, 5.41) is 5.94. The fourth-order valence-electron chi connectivity index (χ4n) is 5.24. The average Bonchev–Trinajstić information content (AvgIpc) is 2.77. The summed E-state index contributed by atoms with van der Waals surface area (Å²) in [6.45, 7) is 5.66. The fourth-order valence-corrected chi connectivity index (χ4v) is 5.79. The van der Waals surface area contributed by atoms with Gasteiger partial charge in [0.2, 0.25) is 0 Å². The summed E-state index contributed by atoms with van der Waals surface area (Å²) >= 11 is 3.65. The molecule has 1 aliphatic heterocycles. The van der Waals surface area contributed by atoms with Gasteiger partial charge in [0.05, 0.1) is 13.2 Å². The van der Waals surface area contributed by atoms with Crippen LogP contribution in [0.15, 0.2) is 58.6 Å². The number of Topliss-reactive ketones (excluding diaryl/α,β-unsaturated/α-hetero) is 1. The number of anilines is 1. The van der Waals surface area contributed by atoms with Crippen LogP contribution >= 0.6 is 15.9 Å². The number of rotatable bonds is 3. The van der Waals surface area contributed by atoms with E-state index in [0.29, 0.717) is 17.9 Å². The molecule has 5 nitrogen and oxygen atoms in total. The Morgan fingerprint density at radius 2 is 1.85 bits per heavy atom. The van der Waals surface area contributed by atoms with Crippen LogP contribution in [-0.2, 0) is 9.59 Å². The molecule has 2 aliphatic rings. The normalized spacial score (nSPS) is 18.7. The Kier molecular flexibility index (Phi) is 5.52. The van der Waals surface area contributed by atoms with E-state index < -0.39 is 5.97 Å². The number of hydrogen-bond donors (Lipinski definition) is 1. The third kappa shape index (κ3) is 3.80. The highest BCUT2D eigenvalue weighted by atomic mass is 79.9. The average molecular weight is 520 g/mol. The Bertz CT molecular complexity index is 1390. The van der Waals surface area contributed by atoms with Crippen molar-refractivity contribution >= 4 is 49.7 Å². The van der Waals surface area contributed by atoms with Crippen LogP contribution in [0.2, 0.25) is 0 Å². The van der Waals surface area contributed by atoms with Crippen molar-refractivity contribution in [2.24, 2.45) is 5.41 Å². The van der Waals surface area contributed by atoms with Gasteiger partial charge in [-0.3, -0.25) is 9.59 Å². The molecule has 0 aromatic heterocycles. The molecule has 0 saturated carbocycles. The lowest BCUT2D eigenvalue weighted by molar-refractivity contribution is -0.132. The molecular weight excluding hydrogens is 494 g/mol. The summed E-state index contributed by atoms with van der Waals surface area (Å²) in [6, 6.07) is 15.7. The number of carbonyl (C=O) groups excluding carboxylic acids is 2. The summed E-state index contributed by atoms with van der Waals surface area (Å²) in [5.41, 5.74) is 4.75. The third-order valence-corrected chi connectivity index (χ3v) is 7.27. The number of halogens is 1. The molecule has 6 heteroatoms. The minimum atomic E-state index is -0.427. The second-order valence-electron chi connectivity index (χ2n) is 9.74. The fraction of sp³-hybridized carbons (Fsp3) is 0.286. The molecule has 1 atom stereocenters. The minimum Gasteiger partial charge on any atom is -0.493 e. The highest BCUT2D eigenvalue weighted by molar-refractivity contribution is 9.10. The van der Waals surface area contributed by atoms with Crippen LogP contribution in [0.5, 0.6) is 11.5 Å². The quantitative estimate of drug-likeness (QED) is 0.303. The molecule has 1 heterocycles. The monoisotopic (exact) mass is 519 g/mol. The van der Waals surface area contributed by atoms with Gasteiger partial charge < -0.3 is 14.8 Å². The van der Waals surface area contributed by atoms with Gasteiger partial charge >= 0.3 is 5.97 Å². The molecule has 174 valence electrons. The van der Waals surface area contributed by atoms with E-state index in [1.165, 1.54) is 14.0 Å². The van der Waals surface area contributed by atoms with Crippen molar-refractivity contribution in [1.29, 1.82) is 0 Å². The molecule has 1 unspecified atom stereocenters. The maximum Gasteiger partial charge on any atom is 0.308 e. The van der Waals surface area contributed by atoms with Gasteiger partial charge in [0.25, 0.3) is 0 Å². The van der Waals surface area contributed by atoms with E-state index in [-0.39, 0.29) is 17.2 Å². The lowest BCUT2D eigenvalue weighted by atomic mass is 9.68. The SMILES string of the molecule is COc1cc(C2Nc3ccc4ccccc4c3C3=C2C(=O)CC(C)(C)C3)c(Br)cc1OC(C)=O. The molecule has 0 fully saturated rings. The van der Waals surface area contributed by atoms with Gasteiger partial charge in [-0.2, -0.15) is 0 Å². The van der Waals surface area contributed by atoms with Crippen LogP contribution in [0.1, 0.15) is 50.8 Å². The lowest BCUT2D eigenvalue weighted by Gasteiger charge is -2.40. The topological polar surface area (TPSA) is 64.6 Å². The number of benzene rings is 3. The van der Waals surface area contributed by atoms with Crippen LogP contribution in [0.25, 0.3) is 16.3 Å². The first-order valence-corrected chi connectivity index (χ1v) is 12.1.